The normalized spacial score (nSPS) is 19.5. The Morgan fingerprint density at radius 2 is 1.97 bits per heavy atom. The zero-order valence-electron chi connectivity index (χ0n) is 19.7. The lowest BCUT2D eigenvalue weighted by Gasteiger charge is -2.33. The molecule has 0 radical (unpaired) electrons. The second-order valence-electron chi connectivity index (χ2n) is 8.93. The average molecular weight is 557 g/mol. The molecule has 186 valence electrons. The number of hydrogen-bond acceptors (Lipinski definition) is 7. The van der Waals surface area contributed by atoms with Gasteiger partial charge in [0.25, 0.3) is 0 Å². The lowest BCUT2D eigenvalue weighted by molar-refractivity contribution is 0.199. The Kier molecular flexibility index (Phi) is 7.70. The minimum atomic E-state index is -3.20. The molecule has 1 aliphatic heterocycles. The zero-order chi connectivity index (χ0) is 24.5. The Morgan fingerprint density at radius 1 is 1.26 bits per heavy atom. The van der Waals surface area contributed by atoms with Crippen molar-refractivity contribution in [3.05, 3.63) is 28.1 Å². The maximum absolute atomic E-state index is 14.2. The van der Waals surface area contributed by atoms with Crippen LogP contribution in [0, 0.1) is 5.92 Å². The summed E-state index contributed by atoms with van der Waals surface area (Å²) in [4.78, 5) is 6.21. The highest BCUT2D eigenvalue weighted by Crippen LogP contribution is 2.36. The lowest BCUT2D eigenvalue weighted by Crippen LogP contribution is -2.48. The van der Waals surface area contributed by atoms with Crippen molar-refractivity contribution >= 4 is 43.0 Å². The molecule has 2 aliphatic rings. The van der Waals surface area contributed by atoms with Gasteiger partial charge < -0.3 is 4.74 Å². The van der Waals surface area contributed by atoms with Crippen molar-refractivity contribution in [2.24, 2.45) is 10.9 Å². The molecule has 1 aromatic heterocycles. The number of halogens is 2. The van der Waals surface area contributed by atoms with Gasteiger partial charge in [-0.15, -0.1) is 5.10 Å². The smallest absolute Gasteiger partial charge is 0.221 e. The minimum Gasteiger partial charge on any atom is -0.438 e. The molecule has 9 nitrogen and oxygen atoms in total. The van der Waals surface area contributed by atoms with Gasteiger partial charge in [0.2, 0.25) is 15.9 Å². The second kappa shape index (κ2) is 10.4. The lowest BCUT2D eigenvalue weighted by atomic mass is 10.2. The van der Waals surface area contributed by atoms with Crippen LogP contribution in [0.25, 0.3) is 11.0 Å². The van der Waals surface area contributed by atoms with E-state index >= 15 is 0 Å². The van der Waals surface area contributed by atoms with Gasteiger partial charge >= 0.3 is 0 Å². The van der Waals surface area contributed by atoms with Gasteiger partial charge in [-0.3, -0.25) is 4.90 Å². The highest BCUT2D eigenvalue weighted by atomic mass is 79.9. The van der Waals surface area contributed by atoms with Crippen LogP contribution in [0.15, 0.2) is 33.1 Å². The molecule has 0 N–H and O–H groups in total. The summed E-state index contributed by atoms with van der Waals surface area (Å²) in [6, 6.07) is 3.73. The number of sulfonamides is 1. The van der Waals surface area contributed by atoms with Crippen LogP contribution < -0.4 is 4.74 Å². The summed E-state index contributed by atoms with van der Waals surface area (Å²) in [6.07, 6.45) is 3.83. The van der Waals surface area contributed by atoms with E-state index in [0.717, 1.165) is 17.6 Å². The van der Waals surface area contributed by atoms with Crippen molar-refractivity contribution in [2.75, 3.05) is 39.0 Å². The SMILES string of the molecule is CC/C(F)=N\C(Oc1ccc2c(nnn2CC2CC2)c1Br)=C(/C)CN1CCN(S(C)(=O)=O)CC1. The van der Waals surface area contributed by atoms with Gasteiger partial charge in [0.05, 0.1) is 16.2 Å². The van der Waals surface area contributed by atoms with E-state index in [9.17, 15) is 12.8 Å². The van der Waals surface area contributed by atoms with Crippen LogP contribution in [-0.4, -0.2) is 77.6 Å². The predicted molar refractivity (Wildman–Crippen MR) is 133 cm³/mol. The molecule has 1 saturated heterocycles. The third kappa shape index (κ3) is 6.02. The highest BCUT2D eigenvalue weighted by molar-refractivity contribution is 9.10. The van der Waals surface area contributed by atoms with E-state index in [-0.39, 0.29) is 12.3 Å². The molecular formula is C22H30BrFN6O3S. The van der Waals surface area contributed by atoms with E-state index in [4.69, 9.17) is 4.74 Å². The van der Waals surface area contributed by atoms with Crippen molar-refractivity contribution < 1.29 is 17.5 Å². The quantitative estimate of drug-likeness (QED) is 0.346. The number of ether oxygens (including phenoxy) is 1. The predicted octanol–water partition coefficient (Wildman–Crippen LogP) is 3.57. The first-order valence-corrected chi connectivity index (χ1v) is 14.1. The summed E-state index contributed by atoms with van der Waals surface area (Å²) in [5.41, 5.74) is 2.35. The number of nitrogens with zero attached hydrogens (tertiary/aromatic N) is 6. The largest absolute Gasteiger partial charge is 0.438 e. The molecule has 1 saturated carbocycles. The van der Waals surface area contributed by atoms with Gasteiger partial charge in [-0.1, -0.05) is 12.1 Å². The number of aromatic nitrogens is 3. The molecule has 0 amide bonds. The summed E-state index contributed by atoms with van der Waals surface area (Å²) in [5, 5.41) is 8.59. The van der Waals surface area contributed by atoms with Crippen LogP contribution >= 0.6 is 15.9 Å². The zero-order valence-corrected chi connectivity index (χ0v) is 22.1. The molecule has 0 atom stereocenters. The fourth-order valence-corrected chi connectivity index (χ4v) is 5.19. The molecule has 1 aromatic carbocycles. The Labute approximate surface area is 207 Å². The number of aliphatic imine (C=N–C) groups is 1. The number of piperazine rings is 1. The van der Waals surface area contributed by atoms with Crippen molar-refractivity contribution in [1.82, 2.24) is 24.2 Å². The molecule has 0 spiro atoms. The molecule has 12 heteroatoms. The number of fused-ring (bicyclic) bond motifs is 1. The Morgan fingerprint density at radius 3 is 2.59 bits per heavy atom. The van der Waals surface area contributed by atoms with Crippen LogP contribution in [0.4, 0.5) is 4.39 Å². The number of hydrogen-bond donors (Lipinski definition) is 0. The first kappa shape index (κ1) is 25.2. The molecule has 0 bridgehead atoms. The molecule has 34 heavy (non-hydrogen) atoms. The van der Waals surface area contributed by atoms with E-state index in [1.165, 1.54) is 23.4 Å². The first-order valence-electron chi connectivity index (χ1n) is 11.5. The highest BCUT2D eigenvalue weighted by Gasteiger charge is 2.25. The van der Waals surface area contributed by atoms with Crippen LogP contribution in [0.3, 0.4) is 0 Å². The maximum Gasteiger partial charge on any atom is 0.221 e. The fraction of sp³-hybridized carbons (Fsp3) is 0.591. The van der Waals surface area contributed by atoms with Crippen LogP contribution in [-0.2, 0) is 16.6 Å². The maximum atomic E-state index is 14.2. The first-order chi connectivity index (χ1) is 16.2. The Bertz CT molecular complexity index is 1220. The van der Waals surface area contributed by atoms with Crippen molar-refractivity contribution in [3.63, 3.8) is 0 Å². The van der Waals surface area contributed by atoms with Crippen molar-refractivity contribution in [2.45, 2.75) is 39.7 Å². The van der Waals surface area contributed by atoms with Gasteiger partial charge in [-0.25, -0.2) is 13.1 Å². The molecule has 2 fully saturated rings. The van der Waals surface area contributed by atoms with E-state index in [1.807, 2.05) is 23.7 Å². The summed E-state index contributed by atoms with van der Waals surface area (Å²) >= 11 is 3.58. The Balaban J connectivity index is 1.54. The molecule has 2 heterocycles. The van der Waals surface area contributed by atoms with Gasteiger partial charge in [-0.05, 0) is 53.7 Å². The van der Waals surface area contributed by atoms with Crippen LogP contribution in [0.1, 0.15) is 33.1 Å². The van der Waals surface area contributed by atoms with E-state index in [0.29, 0.717) is 54.4 Å². The minimum absolute atomic E-state index is 0.156. The topological polar surface area (TPSA) is 92.9 Å². The van der Waals surface area contributed by atoms with E-state index in [1.54, 1.807) is 6.92 Å². The summed E-state index contributed by atoms with van der Waals surface area (Å²) in [6.45, 7) is 6.90. The number of benzene rings is 1. The Hall–Kier alpha value is -1.89. The third-order valence-corrected chi connectivity index (χ3v) is 8.14. The van der Waals surface area contributed by atoms with Gasteiger partial charge in [-0.2, -0.15) is 13.7 Å². The van der Waals surface area contributed by atoms with Crippen LogP contribution in [0.2, 0.25) is 0 Å². The average Bonchev–Trinajstić information content (AvgIpc) is 3.52. The fourth-order valence-electron chi connectivity index (χ4n) is 3.87. The van der Waals surface area contributed by atoms with Crippen LogP contribution in [0.5, 0.6) is 5.75 Å². The monoisotopic (exact) mass is 556 g/mol. The van der Waals surface area contributed by atoms with Gasteiger partial charge in [0, 0.05) is 51.3 Å². The summed E-state index contributed by atoms with van der Waals surface area (Å²) in [5.74, 6) is 0.816. The van der Waals surface area contributed by atoms with E-state index in [2.05, 4.69) is 36.1 Å². The molecular weight excluding hydrogens is 527 g/mol. The molecule has 2 aromatic rings. The second-order valence-corrected chi connectivity index (χ2v) is 11.7. The summed E-state index contributed by atoms with van der Waals surface area (Å²) in [7, 11) is -3.20. The molecule has 4 rings (SSSR count). The third-order valence-electron chi connectivity index (χ3n) is 6.07. The van der Waals surface area contributed by atoms with Gasteiger partial charge in [0.1, 0.15) is 11.3 Å². The number of rotatable bonds is 9. The van der Waals surface area contributed by atoms with Crippen molar-refractivity contribution in [3.8, 4) is 5.75 Å². The summed E-state index contributed by atoms with van der Waals surface area (Å²) < 4.78 is 47.9. The standard InChI is InChI=1S/C22H30BrFN6O3S/c1-4-19(24)25-22(15(2)13-28-9-11-29(12-10-28)34(3,31)32)33-18-8-7-17-21(20(18)23)26-27-30(17)14-16-5-6-16/h7-8,16H,4-6,9-14H2,1-3H3/b22-15-,25-19+. The van der Waals surface area contributed by atoms with Gasteiger partial charge in [0.15, 0.2) is 5.97 Å². The molecule has 0 unspecified atom stereocenters. The van der Waals surface area contributed by atoms with Crippen molar-refractivity contribution in [1.29, 1.82) is 0 Å². The molecule has 1 aliphatic carbocycles. The van der Waals surface area contributed by atoms with E-state index < -0.39 is 16.0 Å².